The van der Waals surface area contributed by atoms with Crippen molar-refractivity contribution in [1.82, 2.24) is 0 Å². The predicted molar refractivity (Wildman–Crippen MR) is 76.7 cm³/mol. The van der Waals surface area contributed by atoms with Crippen LogP contribution in [0.25, 0.3) is 0 Å². The summed E-state index contributed by atoms with van der Waals surface area (Å²) in [6.07, 6.45) is 11.7. The first-order chi connectivity index (χ1) is 9.03. The van der Waals surface area contributed by atoms with Gasteiger partial charge in [-0.3, -0.25) is 4.79 Å². The third-order valence-corrected chi connectivity index (χ3v) is 7.97. The summed E-state index contributed by atoms with van der Waals surface area (Å²) in [5.74, 6) is 4.18. The van der Waals surface area contributed by atoms with Crippen molar-refractivity contribution in [3.8, 4) is 0 Å². The summed E-state index contributed by atoms with van der Waals surface area (Å²) in [5, 5.41) is 0. The summed E-state index contributed by atoms with van der Waals surface area (Å²) in [4.78, 5) is 11.8. The van der Waals surface area contributed by atoms with E-state index < -0.39 is 0 Å². The van der Waals surface area contributed by atoms with Crippen molar-refractivity contribution in [3.63, 3.8) is 0 Å². The molecule has 4 aliphatic carbocycles. The average Bonchev–Trinajstić information content (AvgIpc) is 2.87. The van der Waals surface area contributed by atoms with Crippen molar-refractivity contribution >= 4 is 5.78 Å². The summed E-state index contributed by atoms with van der Waals surface area (Å²) in [5.41, 5.74) is 1.18. The molecule has 0 unspecified atom stereocenters. The van der Waals surface area contributed by atoms with Crippen LogP contribution in [0.5, 0.6) is 0 Å². The van der Waals surface area contributed by atoms with E-state index in [1.54, 1.807) is 0 Å². The molecule has 0 heterocycles. The molecule has 0 aromatic rings. The normalized spacial score (nSPS) is 56.6. The smallest absolute Gasteiger partial charge is 0.133 e. The quantitative estimate of drug-likeness (QED) is 0.622. The molecule has 0 aromatic heterocycles. The SMILES string of the molecule is C[C@@]12CCC[C@H]1[C@@H]1C[C@H]3CC(=O)CC[C@]3(C)[C@H]1CC2. The van der Waals surface area contributed by atoms with Crippen LogP contribution in [0.1, 0.15) is 71.6 Å². The minimum absolute atomic E-state index is 0.516. The Kier molecular flexibility index (Phi) is 2.52. The Morgan fingerprint density at radius 1 is 1.05 bits per heavy atom. The van der Waals surface area contributed by atoms with Gasteiger partial charge in [-0.15, -0.1) is 0 Å². The van der Waals surface area contributed by atoms with Crippen LogP contribution < -0.4 is 0 Å². The fourth-order valence-electron chi connectivity index (χ4n) is 6.82. The minimum atomic E-state index is 0.516. The molecule has 1 heteroatoms. The number of carbonyl (C=O) groups excluding carboxylic acids is 1. The molecule has 4 aliphatic rings. The third kappa shape index (κ3) is 1.56. The molecule has 19 heavy (non-hydrogen) atoms. The minimum Gasteiger partial charge on any atom is -0.300 e. The highest BCUT2D eigenvalue weighted by Crippen LogP contribution is 2.68. The van der Waals surface area contributed by atoms with Crippen LogP contribution in [0, 0.1) is 34.5 Å². The van der Waals surface area contributed by atoms with Crippen molar-refractivity contribution in [2.45, 2.75) is 71.6 Å². The Balaban J connectivity index is 1.66. The molecule has 4 fully saturated rings. The Bertz CT molecular complexity index is 414. The van der Waals surface area contributed by atoms with Crippen LogP contribution in [-0.2, 0) is 4.79 Å². The van der Waals surface area contributed by atoms with Gasteiger partial charge in [-0.05, 0) is 73.0 Å². The fraction of sp³-hybridized carbons (Fsp3) is 0.944. The Hall–Kier alpha value is -0.330. The maximum absolute atomic E-state index is 11.8. The van der Waals surface area contributed by atoms with Crippen molar-refractivity contribution in [2.75, 3.05) is 0 Å². The number of fused-ring (bicyclic) bond motifs is 5. The molecular formula is C18H28O. The lowest BCUT2D eigenvalue weighted by atomic mass is 9.56. The Morgan fingerprint density at radius 2 is 1.89 bits per heavy atom. The highest BCUT2D eigenvalue weighted by Gasteiger charge is 2.60. The zero-order chi connectivity index (χ0) is 13.3. The number of hydrogen-bond acceptors (Lipinski definition) is 1. The van der Waals surface area contributed by atoms with Crippen LogP contribution in [0.3, 0.4) is 0 Å². The lowest BCUT2D eigenvalue weighted by molar-refractivity contribution is -0.125. The van der Waals surface area contributed by atoms with Gasteiger partial charge >= 0.3 is 0 Å². The standard InChI is InChI=1S/C18H28O/c1-17-7-3-4-15(17)14-11-12-10-13(19)5-9-18(12,2)16(14)6-8-17/h12,14-16H,3-11H2,1-2H3/t12-,14+,15+,16+,17+,18+/m1/s1. The average molecular weight is 260 g/mol. The molecule has 0 saturated heterocycles. The van der Waals surface area contributed by atoms with Crippen LogP contribution in [0.4, 0.5) is 0 Å². The van der Waals surface area contributed by atoms with Crippen LogP contribution in [0.15, 0.2) is 0 Å². The lowest BCUT2D eigenvalue weighted by Crippen LogP contribution is -2.41. The second kappa shape index (κ2) is 3.86. The highest BCUT2D eigenvalue weighted by molar-refractivity contribution is 5.79. The third-order valence-electron chi connectivity index (χ3n) is 7.97. The highest BCUT2D eigenvalue weighted by atomic mass is 16.1. The van der Waals surface area contributed by atoms with E-state index in [9.17, 15) is 4.79 Å². The van der Waals surface area contributed by atoms with Gasteiger partial charge in [0, 0.05) is 12.8 Å². The van der Waals surface area contributed by atoms with Gasteiger partial charge in [-0.1, -0.05) is 20.3 Å². The summed E-state index contributed by atoms with van der Waals surface area (Å²) < 4.78 is 0. The zero-order valence-electron chi connectivity index (χ0n) is 12.6. The molecule has 0 aromatic carbocycles. The van der Waals surface area contributed by atoms with Crippen molar-refractivity contribution < 1.29 is 4.79 Å². The molecule has 0 spiro atoms. The first kappa shape index (κ1) is 12.4. The molecule has 0 aliphatic heterocycles. The zero-order valence-corrected chi connectivity index (χ0v) is 12.6. The fourth-order valence-corrected chi connectivity index (χ4v) is 6.82. The summed E-state index contributed by atoms with van der Waals surface area (Å²) in [7, 11) is 0. The molecule has 1 nitrogen and oxygen atoms in total. The molecule has 106 valence electrons. The van der Waals surface area contributed by atoms with Crippen LogP contribution >= 0.6 is 0 Å². The monoisotopic (exact) mass is 260 g/mol. The molecule has 4 saturated carbocycles. The van der Waals surface area contributed by atoms with Crippen LogP contribution in [0.2, 0.25) is 0 Å². The van der Waals surface area contributed by atoms with Gasteiger partial charge < -0.3 is 0 Å². The van der Waals surface area contributed by atoms with E-state index in [1.807, 2.05) is 0 Å². The molecule has 6 atom stereocenters. The number of hydrogen-bond donors (Lipinski definition) is 0. The summed E-state index contributed by atoms with van der Waals surface area (Å²) in [6.45, 7) is 5.10. The van der Waals surface area contributed by atoms with Gasteiger partial charge in [0.2, 0.25) is 0 Å². The molecule has 0 bridgehead atoms. The first-order valence-corrected chi connectivity index (χ1v) is 8.55. The maximum atomic E-state index is 11.8. The maximum Gasteiger partial charge on any atom is 0.133 e. The van der Waals surface area contributed by atoms with Crippen molar-refractivity contribution in [2.24, 2.45) is 34.5 Å². The molecule has 0 N–H and O–H groups in total. The van der Waals surface area contributed by atoms with Gasteiger partial charge in [0.15, 0.2) is 0 Å². The lowest BCUT2D eigenvalue weighted by Gasteiger charge is -2.48. The summed E-state index contributed by atoms with van der Waals surface area (Å²) >= 11 is 0. The number of ketones is 1. The Labute approximate surface area is 117 Å². The van der Waals surface area contributed by atoms with E-state index in [-0.39, 0.29) is 0 Å². The Morgan fingerprint density at radius 3 is 2.74 bits per heavy atom. The van der Waals surface area contributed by atoms with Crippen molar-refractivity contribution in [3.05, 3.63) is 0 Å². The molecule has 0 radical (unpaired) electrons. The number of Topliss-reactive ketones (excluding diaryl/α,β-unsaturated/α-hetero) is 1. The van der Waals surface area contributed by atoms with Gasteiger partial charge in [0.25, 0.3) is 0 Å². The molecular weight excluding hydrogens is 232 g/mol. The molecule has 0 amide bonds. The number of carbonyl (C=O) groups is 1. The number of rotatable bonds is 0. The van der Waals surface area contributed by atoms with Crippen LogP contribution in [-0.4, -0.2) is 5.78 Å². The van der Waals surface area contributed by atoms with E-state index >= 15 is 0 Å². The van der Waals surface area contributed by atoms with Gasteiger partial charge in [0.05, 0.1) is 0 Å². The van der Waals surface area contributed by atoms with Crippen molar-refractivity contribution in [1.29, 1.82) is 0 Å². The van der Waals surface area contributed by atoms with Gasteiger partial charge in [-0.2, -0.15) is 0 Å². The molecule has 4 rings (SSSR count). The second-order valence-corrected chi connectivity index (χ2v) is 8.64. The van der Waals surface area contributed by atoms with E-state index in [0.717, 1.165) is 36.5 Å². The van der Waals surface area contributed by atoms with Gasteiger partial charge in [0.1, 0.15) is 5.78 Å². The first-order valence-electron chi connectivity index (χ1n) is 8.55. The van der Waals surface area contributed by atoms with E-state index in [0.29, 0.717) is 16.6 Å². The van der Waals surface area contributed by atoms with E-state index in [1.165, 1.54) is 44.9 Å². The summed E-state index contributed by atoms with van der Waals surface area (Å²) in [6, 6.07) is 0. The topological polar surface area (TPSA) is 17.1 Å². The largest absolute Gasteiger partial charge is 0.300 e. The van der Waals surface area contributed by atoms with E-state index in [2.05, 4.69) is 13.8 Å². The van der Waals surface area contributed by atoms with Gasteiger partial charge in [-0.25, -0.2) is 0 Å². The predicted octanol–water partition coefficient (Wildman–Crippen LogP) is 4.60. The van der Waals surface area contributed by atoms with E-state index in [4.69, 9.17) is 0 Å². The second-order valence-electron chi connectivity index (χ2n) is 8.64.